The number of hydrogen-bond donors (Lipinski definition) is 1. The van der Waals surface area contributed by atoms with Crippen LogP contribution in [0, 0.1) is 0 Å². The van der Waals surface area contributed by atoms with E-state index in [1.165, 1.54) is 13.3 Å². The molecule has 1 aromatic carbocycles. The highest BCUT2D eigenvalue weighted by Gasteiger charge is 2.18. The largest absolute Gasteiger partial charge is 0.480 e. The molecule has 0 saturated heterocycles. The molecular weight excluding hydrogens is 350 g/mol. The molecule has 26 heavy (non-hydrogen) atoms. The molecule has 3 heterocycles. The molecule has 1 N–H and O–H groups in total. The van der Waals surface area contributed by atoms with Crippen LogP contribution in [0.1, 0.15) is 15.2 Å². The Morgan fingerprint density at radius 3 is 2.73 bits per heavy atom. The molecule has 0 unspecified atom stereocenters. The molecule has 4 aromatic rings. The summed E-state index contributed by atoms with van der Waals surface area (Å²) in [6.45, 7) is 0.481. The van der Waals surface area contributed by atoms with E-state index in [4.69, 9.17) is 4.74 Å². The minimum Gasteiger partial charge on any atom is -0.480 e. The van der Waals surface area contributed by atoms with E-state index in [9.17, 15) is 9.90 Å². The Morgan fingerprint density at radius 2 is 2.00 bits per heavy atom. The number of rotatable bonds is 5. The standard InChI is InChI=1S/C19H15N3O3S/c1-25-18-14-10-21-22(17(14)15(9-20-18)19(23)24)11-13-7-8-16(26-13)12-5-3-2-4-6-12/h2-10H,11H2,1H3,(H,23,24). The highest BCUT2D eigenvalue weighted by atomic mass is 32.1. The summed E-state index contributed by atoms with van der Waals surface area (Å²) in [6.07, 6.45) is 2.91. The van der Waals surface area contributed by atoms with Crippen molar-refractivity contribution in [3.8, 4) is 16.3 Å². The Labute approximate surface area is 153 Å². The topological polar surface area (TPSA) is 77.2 Å². The molecule has 0 fully saturated rings. The molecule has 0 spiro atoms. The van der Waals surface area contributed by atoms with E-state index in [0.717, 1.165) is 15.3 Å². The Hall–Kier alpha value is -3.19. The van der Waals surface area contributed by atoms with Crippen LogP contribution in [0.15, 0.2) is 54.9 Å². The summed E-state index contributed by atoms with van der Waals surface area (Å²) in [5, 5.41) is 14.4. The summed E-state index contributed by atoms with van der Waals surface area (Å²) in [5.41, 5.74) is 1.78. The zero-order valence-electron chi connectivity index (χ0n) is 13.9. The number of aromatic carboxylic acids is 1. The van der Waals surface area contributed by atoms with E-state index in [2.05, 4.69) is 28.3 Å². The van der Waals surface area contributed by atoms with Crippen LogP contribution in [0.2, 0.25) is 0 Å². The van der Waals surface area contributed by atoms with E-state index in [0.29, 0.717) is 23.3 Å². The number of benzene rings is 1. The fourth-order valence-corrected chi connectivity index (χ4v) is 3.88. The first-order chi connectivity index (χ1) is 12.7. The average molecular weight is 365 g/mol. The number of pyridine rings is 1. The highest BCUT2D eigenvalue weighted by molar-refractivity contribution is 7.15. The second-order valence-corrected chi connectivity index (χ2v) is 6.85. The smallest absolute Gasteiger partial charge is 0.339 e. The van der Waals surface area contributed by atoms with Gasteiger partial charge < -0.3 is 9.84 Å². The van der Waals surface area contributed by atoms with Crippen LogP contribution in [0.5, 0.6) is 5.88 Å². The SMILES string of the molecule is COc1ncc(C(=O)O)c2c1cnn2Cc1ccc(-c2ccccc2)s1. The van der Waals surface area contributed by atoms with Crippen molar-refractivity contribution < 1.29 is 14.6 Å². The molecule has 0 amide bonds. The fourth-order valence-electron chi connectivity index (χ4n) is 2.89. The van der Waals surface area contributed by atoms with Gasteiger partial charge in [0, 0.05) is 16.0 Å². The van der Waals surface area contributed by atoms with Crippen LogP contribution >= 0.6 is 11.3 Å². The zero-order chi connectivity index (χ0) is 18.1. The number of ether oxygens (including phenoxy) is 1. The van der Waals surface area contributed by atoms with Gasteiger partial charge >= 0.3 is 5.97 Å². The molecule has 3 aromatic heterocycles. The van der Waals surface area contributed by atoms with Crippen LogP contribution in [-0.2, 0) is 6.54 Å². The molecule has 130 valence electrons. The normalized spacial score (nSPS) is 11.0. The van der Waals surface area contributed by atoms with Gasteiger partial charge in [-0.3, -0.25) is 4.68 Å². The third-order valence-electron chi connectivity index (χ3n) is 4.09. The number of methoxy groups -OCH3 is 1. The predicted molar refractivity (Wildman–Crippen MR) is 99.9 cm³/mol. The maximum Gasteiger partial charge on any atom is 0.339 e. The van der Waals surface area contributed by atoms with Crippen LogP contribution < -0.4 is 4.74 Å². The molecule has 0 aliphatic carbocycles. The number of nitrogens with zero attached hydrogens (tertiary/aromatic N) is 3. The zero-order valence-corrected chi connectivity index (χ0v) is 14.7. The number of hydrogen-bond acceptors (Lipinski definition) is 5. The summed E-state index contributed by atoms with van der Waals surface area (Å²) < 4.78 is 6.92. The maximum absolute atomic E-state index is 11.6. The third-order valence-corrected chi connectivity index (χ3v) is 5.20. The number of thiophene rings is 1. The van der Waals surface area contributed by atoms with Crippen molar-refractivity contribution in [2.75, 3.05) is 7.11 Å². The van der Waals surface area contributed by atoms with Gasteiger partial charge in [0.15, 0.2) is 0 Å². The molecule has 0 radical (unpaired) electrons. The van der Waals surface area contributed by atoms with Crippen molar-refractivity contribution >= 4 is 28.2 Å². The summed E-state index contributed by atoms with van der Waals surface area (Å²) in [6, 6.07) is 14.3. The van der Waals surface area contributed by atoms with Crippen LogP contribution in [0.25, 0.3) is 21.3 Å². The van der Waals surface area contributed by atoms with E-state index in [-0.39, 0.29) is 5.56 Å². The van der Waals surface area contributed by atoms with E-state index in [1.807, 2.05) is 24.3 Å². The van der Waals surface area contributed by atoms with Gasteiger partial charge in [-0.05, 0) is 17.7 Å². The summed E-state index contributed by atoms with van der Waals surface area (Å²) in [7, 11) is 1.50. The van der Waals surface area contributed by atoms with Crippen molar-refractivity contribution in [1.29, 1.82) is 0 Å². The van der Waals surface area contributed by atoms with Crippen molar-refractivity contribution in [3.63, 3.8) is 0 Å². The van der Waals surface area contributed by atoms with Crippen molar-refractivity contribution in [2.45, 2.75) is 6.54 Å². The van der Waals surface area contributed by atoms with E-state index >= 15 is 0 Å². The Morgan fingerprint density at radius 1 is 1.19 bits per heavy atom. The van der Waals surface area contributed by atoms with Crippen molar-refractivity contribution in [1.82, 2.24) is 14.8 Å². The first-order valence-electron chi connectivity index (χ1n) is 7.93. The van der Waals surface area contributed by atoms with E-state index < -0.39 is 5.97 Å². The lowest BCUT2D eigenvalue weighted by Crippen LogP contribution is -2.06. The molecule has 7 heteroatoms. The van der Waals surface area contributed by atoms with Crippen LogP contribution in [-0.4, -0.2) is 33.0 Å². The highest BCUT2D eigenvalue weighted by Crippen LogP contribution is 2.30. The number of carboxylic acid groups (broad SMARTS) is 1. The number of carbonyl (C=O) groups is 1. The van der Waals surface area contributed by atoms with Gasteiger partial charge in [-0.1, -0.05) is 30.3 Å². The molecule has 6 nitrogen and oxygen atoms in total. The molecule has 0 aliphatic heterocycles. The first-order valence-corrected chi connectivity index (χ1v) is 8.75. The van der Waals surface area contributed by atoms with Gasteiger partial charge in [0.05, 0.1) is 30.8 Å². The van der Waals surface area contributed by atoms with Crippen molar-refractivity contribution in [3.05, 3.63) is 65.3 Å². The second-order valence-electron chi connectivity index (χ2n) is 5.68. The minimum absolute atomic E-state index is 0.109. The van der Waals surface area contributed by atoms with Gasteiger partial charge in [-0.2, -0.15) is 5.10 Å². The first kappa shape index (κ1) is 16.3. The Balaban J connectivity index is 1.74. The van der Waals surface area contributed by atoms with Crippen LogP contribution in [0.4, 0.5) is 0 Å². The molecule has 0 aliphatic rings. The summed E-state index contributed by atoms with van der Waals surface area (Å²) in [5.74, 6) is -0.671. The quantitative estimate of drug-likeness (QED) is 0.580. The van der Waals surface area contributed by atoms with Crippen molar-refractivity contribution in [2.24, 2.45) is 0 Å². The summed E-state index contributed by atoms with van der Waals surface area (Å²) >= 11 is 1.66. The summed E-state index contributed by atoms with van der Waals surface area (Å²) in [4.78, 5) is 17.9. The fraction of sp³-hybridized carbons (Fsp3) is 0.105. The molecular formula is C19H15N3O3S. The second kappa shape index (κ2) is 6.61. The minimum atomic E-state index is -1.04. The predicted octanol–water partition coefficient (Wildman–Crippen LogP) is 3.91. The van der Waals surface area contributed by atoms with Crippen LogP contribution in [0.3, 0.4) is 0 Å². The lowest BCUT2D eigenvalue weighted by molar-refractivity contribution is 0.0698. The molecule has 0 bridgehead atoms. The number of aromatic nitrogens is 3. The lowest BCUT2D eigenvalue weighted by atomic mass is 10.2. The molecule has 0 atom stereocenters. The van der Waals surface area contributed by atoms with Gasteiger partial charge in [0.2, 0.25) is 5.88 Å². The lowest BCUT2D eigenvalue weighted by Gasteiger charge is -2.06. The Bertz CT molecular complexity index is 1090. The average Bonchev–Trinajstić information content (AvgIpc) is 3.30. The van der Waals surface area contributed by atoms with Gasteiger partial charge in [0.1, 0.15) is 5.56 Å². The van der Waals surface area contributed by atoms with Gasteiger partial charge in [-0.25, -0.2) is 9.78 Å². The number of fused-ring (bicyclic) bond motifs is 1. The third kappa shape index (κ3) is 2.82. The van der Waals surface area contributed by atoms with Gasteiger partial charge in [0.25, 0.3) is 0 Å². The number of carboxylic acids is 1. The molecule has 4 rings (SSSR count). The van der Waals surface area contributed by atoms with E-state index in [1.54, 1.807) is 22.2 Å². The Kier molecular flexibility index (Phi) is 4.14. The monoisotopic (exact) mass is 365 g/mol. The maximum atomic E-state index is 11.6. The molecule has 0 saturated carbocycles. The van der Waals surface area contributed by atoms with Gasteiger partial charge in [-0.15, -0.1) is 11.3 Å².